The summed E-state index contributed by atoms with van der Waals surface area (Å²) in [6, 6.07) is 4.79. The van der Waals surface area contributed by atoms with E-state index < -0.39 is 0 Å². The average molecular weight is 494 g/mol. The molecule has 150 valence electrons. The fraction of sp³-hybridized carbons (Fsp3) is 0.737. The van der Waals surface area contributed by atoms with Crippen LogP contribution in [0.1, 0.15) is 32.1 Å². The van der Waals surface area contributed by atoms with Crippen molar-refractivity contribution in [2.45, 2.75) is 39.7 Å². The molecule has 26 heavy (non-hydrogen) atoms. The highest BCUT2D eigenvalue weighted by Crippen LogP contribution is 2.14. The lowest BCUT2D eigenvalue weighted by atomic mass is 10.0. The Balaban J connectivity index is 0.00000338. The molecule has 0 bridgehead atoms. The van der Waals surface area contributed by atoms with E-state index in [0.29, 0.717) is 12.0 Å². The topological polar surface area (TPSA) is 48.9 Å². The number of rotatable bonds is 9. The molecule has 1 saturated heterocycles. The lowest BCUT2D eigenvalue weighted by Crippen LogP contribution is -2.46. The summed E-state index contributed by atoms with van der Waals surface area (Å²) in [7, 11) is 0. The van der Waals surface area contributed by atoms with E-state index in [1.165, 1.54) is 11.3 Å². The third kappa shape index (κ3) is 9.01. The molecule has 1 aromatic heterocycles. The van der Waals surface area contributed by atoms with Crippen molar-refractivity contribution < 1.29 is 4.74 Å². The average Bonchev–Trinajstić information content (AvgIpc) is 3.12. The number of aliphatic imine (C=N–C) groups is 1. The largest absolute Gasteiger partial charge is 0.379 e. The Morgan fingerprint density at radius 1 is 1.31 bits per heavy atom. The van der Waals surface area contributed by atoms with Gasteiger partial charge >= 0.3 is 0 Å². The number of guanidine groups is 1. The van der Waals surface area contributed by atoms with Gasteiger partial charge < -0.3 is 15.4 Å². The number of morpholine rings is 1. The van der Waals surface area contributed by atoms with Crippen LogP contribution in [0.5, 0.6) is 0 Å². The zero-order valence-corrected chi connectivity index (χ0v) is 19.5. The first-order valence-corrected chi connectivity index (χ1v) is 10.4. The third-order valence-electron chi connectivity index (χ3n) is 4.35. The SMILES string of the molecule is CCNC(=NCC(CC(C)C)N1CCOCC1)NCCc1cccs1.I. The van der Waals surface area contributed by atoms with Crippen LogP contribution in [0.25, 0.3) is 0 Å². The van der Waals surface area contributed by atoms with E-state index in [-0.39, 0.29) is 24.0 Å². The number of thiophene rings is 1. The molecular weight excluding hydrogens is 459 g/mol. The van der Waals surface area contributed by atoms with E-state index in [1.54, 1.807) is 0 Å². The molecule has 0 amide bonds. The van der Waals surface area contributed by atoms with E-state index in [4.69, 9.17) is 9.73 Å². The predicted octanol–water partition coefficient (Wildman–Crippen LogP) is 3.21. The second-order valence-electron chi connectivity index (χ2n) is 6.91. The summed E-state index contributed by atoms with van der Waals surface area (Å²) in [5, 5.41) is 8.98. The molecule has 2 heterocycles. The minimum absolute atomic E-state index is 0. The maximum atomic E-state index is 5.51. The van der Waals surface area contributed by atoms with Crippen molar-refractivity contribution >= 4 is 41.3 Å². The molecular formula is C19H35IN4OS. The van der Waals surface area contributed by atoms with E-state index in [1.807, 2.05) is 11.3 Å². The summed E-state index contributed by atoms with van der Waals surface area (Å²) >= 11 is 1.81. The molecule has 7 heteroatoms. The van der Waals surface area contributed by atoms with Crippen LogP contribution < -0.4 is 10.6 Å². The maximum Gasteiger partial charge on any atom is 0.191 e. The van der Waals surface area contributed by atoms with Gasteiger partial charge in [-0.3, -0.25) is 9.89 Å². The van der Waals surface area contributed by atoms with E-state index in [9.17, 15) is 0 Å². The number of hydrogen-bond donors (Lipinski definition) is 2. The zero-order chi connectivity index (χ0) is 17.9. The molecule has 1 aliphatic rings. The summed E-state index contributed by atoms with van der Waals surface area (Å²) in [6.45, 7) is 13.1. The highest BCUT2D eigenvalue weighted by Gasteiger charge is 2.21. The highest BCUT2D eigenvalue weighted by molar-refractivity contribution is 14.0. The van der Waals surface area contributed by atoms with Crippen molar-refractivity contribution in [3.05, 3.63) is 22.4 Å². The molecule has 1 unspecified atom stereocenters. The molecule has 5 nitrogen and oxygen atoms in total. The van der Waals surface area contributed by atoms with Gasteiger partial charge in [0, 0.05) is 37.1 Å². The van der Waals surface area contributed by atoms with Gasteiger partial charge in [-0.2, -0.15) is 0 Å². The van der Waals surface area contributed by atoms with Crippen molar-refractivity contribution in [1.29, 1.82) is 0 Å². The van der Waals surface area contributed by atoms with E-state index in [2.05, 4.69) is 53.8 Å². The second-order valence-corrected chi connectivity index (χ2v) is 7.94. The number of nitrogens with zero attached hydrogens (tertiary/aromatic N) is 2. The van der Waals surface area contributed by atoms with Gasteiger partial charge in [0.1, 0.15) is 0 Å². The van der Waals surface area contributed by atoms with Crippen LogP contribution in [0, 0.1) is 5.92 Å². The Morgan fingerprint density at radius 3 is 2.69 bits per heavy atom. The Kier molecular flexibility index (Phi) is 12.5. The Morgan fingerprint density at radius 2 is 2.08 bits per heavy atom. The van der Waals surface area contributed by atoms with Crippen LogP contribution >= 0.6 is 35.3 Å². The Hall–Kier alpha value is -0.380. The van der Waals surface area contributed by atoms with Crippen LogP contribution in [-0.4, -0.2) is 62.8 Å². The standard InChI is InChI=1S/C19H34N4OS.HI/c1-4-20-19(21-8-7-18-6-5-13-25-18)22-15-17(14-16(2)3)23-9-11-24-12-10-23;/h5-6,13,16-17H,4,7-12,14-15H2,1-3H3,(H2,20,21,22);1H. The van der Waals surface area contributed by atoms with Crippen LogP contribution in [-0.2, 0) is 11.2 Å². The van der Waals surface area contributed by atoms with E-state index >= 15 is 0 Å². The fourth-order valence-electron chi connectivity index (χ4n) is 3.12. The molecule has 1 aliphatic heterocycles. The summed E-state index contributed by atoms with van der Waals surface area (Å²) in [5.41, 5.74) is 0. The monoisotopic (exact) mass is 494 g/mol. The highest BCUT2D eigenvalue weighted by atomic mass is 127. The quantitative estimate of drug-likeness (QED) is 0.315. The first-order valence-electron chi connectivity index (χ1n) is 9.55. The molecule has 1 fully saturated rings. The number of halogens is 1. The van der Waals surface area contributed by atoms with Gasteiger partial charge in [0.05, 0.1) is 19.8 Å². The van der Waals surface area contributed by atoms with Gasteiger partial charge in [0.15, 0.2) is 5.96 Å². The molecule has 0 spiro atoms. The van der Waals surface area contributed by atoms with Crippen molar-refractivity contribution in [3.8, 4) is 0 Å². The smallest absolute Gasteiger partial charge is 0.191 e. The lowest BCUT2D eigenvalue weighted by Gasteiger charge is -2.34. The fourth-order valence-corrected chi connectivity index (χ4v) is 3.83. The number of ether oxygens (including phenoxy) is 1. The van der Waals surface area contributed by atoms with Crippen molar-refractivity contribution in [2.24, 2.45) is 10.9 Å². The molecule has 0 saturated carbocycles. The Bertz CT molecular complexity index is 490. The summed E-state index contributed by atoms with van der Waals surface area (Å²) in [4.78, 5) is 8.83. The molecule has 0 radical (unpaired) electrons. The normalized spacial score (nSPS) is 17.0. The van der Waals surface area contributed by atoms with Crippen molar-refractivity contribution in [3.63, 3.8) is 0 Å². The van der Waals surface area contributed by atoms with E-state index in [0.717, 1.165) is 58.3 Å². The number of nitrogens with one attached hydrogen (secondary N) is 2. The lowest BCUT2D eigenvalue weighted by molar-refractivity contribution is 0.0143. The van der Waals surface area contributed by atoms with Crippen LogP contribution in [0.2, 0.25) is 0 Å². The van der Waals surface area contributed by atoms with Crippen LogP contribution in [0.4, 0.5) is 0 Å². The van der Waals surface area contributed by atoms with Crippen LogP contribution in [0.3, 0.4) is 0 Å². The van der Waals surface area contributed by atoms with Gasteiger partial charge in [0.25, 0.3) is 0 Å². The summed E-state index contributed by atoms with van der Waals surface area (Å²) in [6.07, 6.45) is 2.22. The van der Waals surface area contributed by atoms with Crippen molar-refractivity contribution in [1.82, 2.24) is 15.5 Å². The van der Waals surface area contributed by atoms with Crippen molar-refractivity contribution in [2.75, 3.05) is 45.9 Å². The summed E-state index contributed by atoms with van der Waals surface area (Å²) < 4.78 is 5.51. The minimum atomic E-state index is 0. The van der Waals surface area contributed by atoms with Gasteiger partial charge in [-0.1, -0.05) is 19.9 Å². The van der Waals surface area contributed by atoms with Gasteiger partial charge in [-0.25, -0.2) is 0 Å². The summed E-state index contributed by atoms with van der Waals surface area (Å²) in [5.74, 6) is 1.61. The molecule has 2 N–H and O–H groups in total. The predicted molar refractivity (Wildman–Crippen MR) is 123 cm³/mol. The molecule has 1 aromatic rings. The van der Waals surface area contributed by atoms with Gasteiger partial charge in [0.2, 0.25) is 0 Å². The van der Waals surface area contributed by atoms with Gasteiger partial charge in [-0.05, 0) is 37.1 Å². The first kappa shape index (κ1) is 23.7. The first-order chi connectivity index (χ1) is 12.2. The minimum Gasteiger partial charge on any atom is -0.379 e. The van der Waals surface area contributed by atoms with Gasteiger partial charge in [-0.15, -0.1) is 35.3 Å². The number of hydrogen-bond acceptors (Lipinski definition) is 4. The molecule has 2 rings (SSSR count). The maximum absolute atomic E-state index is 5.51. The Labute approximate surface area is 180 Å². The molecule has 0 aromatic carbocycles. The third-order valence-corrected chi connectivity index (χ3v) is 5.29. The molecule has 0 aliphatic carbocycles. The molecule has 1 atom stereocenters. The zero-order valence-electron chi connectivity index (χ0n) is 16.4. The second kappa shape index (κ2) is 13.7. The van der Waals surface area contributed by atoms with Crippen LogP contribution in [0.15, 0.2) is 22.5 Å².